The summed E-state index contributed by atoms with van der Waals surface area (Å²) >= 11 is 0. The maximum Gasteiger partial charge on any atom is 0.126 e. The SMILES string of the molecule is CCCC(N)c1ncc(-c2ccc(C)c(F)c2)[nH]1. The molecule has 0 aliphatic heterocycles. The van der Waals surface area contributed by atoms with E-state index in [0.29, 0.717) is 5.56 Å². The Morgan fingerprint density at radius 3 is 2.89 bits per heavy atom. The molecule has 0 saturated carbocycles. The molecule has 0 aliphatic rings. The van der Waals surface area contributed by atoms with Gasteiger partial charge in [0.1, 0.15) is 11.6 Å². The van der Waals surface area contributed by atoms with Crippen LogP contribution < -0.4 is 5.73 Å². The van der Waals surface area contributed by atoms with Crippen LogP contribution in [-0.4, -0.2) is 9.97 Å². The maximum atomic E-state index is 13.5. The Balaban J connectivity index is 2.26. The zero-order chi connectivity index (χ0) is 13.1. The van der Waals surface area contributed by atoms with Crippen molar-refractivity contribution in [2.75, 3.05) is 0 Å². The van der Waals surface area contributed by atoms with Gasteiger partial charge in [0, 0.05) is 5.56 Å². The van der Waals surface area contributed by atoms with E-state index in [9.17, 15) is 4.39 Å². The number of imidazole rings is 1. The van der Waals surface area contributed by atoms with Gasteiger partial charge >= 0.3 is 0 Å². The predicted octanol–water partition coefficient (Wildman–Crippen LogP) is 3.32. The second-order valence-corrected chi connectivity index (χ2v) is 4.54. The monoisotopic (exact) mass is 247 g/mol. The van der Waals surface area contributed by atoms with Gasteiger partial charge in [-0.05, 0) is 25.0 Å². The number of aromatic amines is 1. The zero-order valence-corrected chi connectivity index (χ0v) is 10.7. The highest BCUT2D eigenvalue weighted by Crippen LogP contribution is 2.22. The molecule has 0 aliphatic carbocycles. The Kier molecular flexibility index (Phi) is 3.77. The molecule has 0 radical (unpaired) electrons. The number of rotatable bonds is 4. The van der Waals surface area contributed by atoms with Gasteiger partial charge in [0.05, 0.1) is 17.9 Å². The standard InChI is InChI=1S/C14H18FN3/c1-3-4-12(16)14-17-8-13(18-14)10-6-5-9(2)11(15)7-10/h5-8,12H,3-4,16H2,1-2H3,(H,17,18). The molecule has 2 aromatic rings. The quantitative estimate of drug-likeness (QED) is 0.870. The molecule has 0 bridgehead atoms. The molecule has 1 aromatic heterocycles. The highest BCUT2D eigenvalue weighted by atomic mass is 19.1. The van der Waals surface area contributed by atoms with Crippen LogP contribution in [0.2, 0.25) is 0 Å². The number of halogens is 1. The number of hydrogen-bond donors (Lipinski definition) is 2. The number of H-pyrrole nitrogens is 1. The van der Waals surface area contributed by atoms with Crippen molar-refractivity contribution in [1.82, 2.24) is 9.97 Å². The number of aromatic nitrogens is 2. The smallest absolute Gasteiger partial charge is 0.126 e. The van der Waals surface area contributed by atoms with E-state index in [0.717, 1.165) is 29.9 Å². The van der Waals surface area contributed by atoms with Crippen LogP contribution in [-0.2, 0) is 0 Å². The molecule has 96 valence electrons. The van der Waals surface area contributed by atoms with Crippen LogP contribution in [0.25, 0.3) is 11.3 Å². The fourth-order valence-corrected chi connectivity index (χ4v) is 1.88. The van der Waals surface area contributed by atoms with E-state index >= 15 is 0 Å². The molecule has 2 rings (SSSR count). The van der Waals surface area contributed by atoms with Crippen molar-refractivity contribution in [2.45, 2.75) is 32.7 Å². The topological polar surface area (TPSA) is 54.7 Å². The molecule has 1 atom stereocenters. The van der Waals surface area contributed by atoms with E-state index in [4.69, 9.17) is 5.73 Å². The van der Waals surface area contributed by atoms with Crippen molar-refractivity contribution in [3.05, 3.63) is 41.6 Å². The number of nitrogens with two attached hydrogens (primary N) is 1. The van der Waals surface area contributed by atoms with Gasteiger partial charge in [-0.3, -0.25) is 0 Å². The summed E-state index contributed by atoms with van der Waals surface area (Å²) in [5.74, 6) is 0.550. The number of nitrogens with one attached hydrogen (secondary N) is 1. The van der Waals surface area contributed by atoms with Crippen LogP contribution in [0.5, 0.6) is 0 Å². The molecule has 1 unspecified atom stereocenters. The summed E-state index contributed by atoms with van der Waals surface area (Å²) in [6.45, 7) is 3.83. The van der Waals surface area contributed by atoms with Crippen molar-refractivity contribution in [3.63, 3.8) is 0 Å². The first-order valence-electron chi connectivity index (χ1n) is 6.18. The molecular formula is C14H18FN3. The summed E-state index contributed by atoms with van der Waals surface area (Å²) < 4.78 is 13.5. The van der Waals surface area contributed by atoms with Gasteiger partial charge in [0.15, 0.2) is 0 Å². The second-order valence-electron chi connectivity index (χ2n) is 4.54. The van der Waals surface area contributed by atoms with Crippen LogP contribution in [0.4, 0.5) is 4.39 Å². The first-order chi connectivity index (χ1) is 8.61. The summed E-state index contributed by atoms with van der Waals surface area (Å²) in [6.07, 6.45) is 3.60. The average Bonchev–Trinajstić information content (AvgIpc) is 2.82. The van der Waals surface area contributed by atoms with E-state index in [1.165, 1.54) is 6.07 Å². The van der Waals surface area contributed by atoms with Gasteiger partial charge in [0.2, 0.25) is 0 Å². The first-order valence-corrected chi connectivity index (χ1v) is 6.18. The van der Waals surface area contributed by atoms with Crippen LogP contribution >= 0.6 is 0 Å². The molecular weight excluding hydrogens is 229 g/mol. The van der Waals surface area contributed by atoms with Crippen molar-refractivity contribution in [3.8, 4) is 11.3 Å². The second kappa shape index (κ2) is 5.31. The normalized spacial score (nSPS) is 12.7. The molecule has 0 saturated heterocycles. The van der Waals surface area contributed by atoms with Gasteiger partial charge in [-0.15, -0.1) is 0 Å². The lowest BCUT2D eigenvalue weighted by atomic mass is 10.1. The fraction of sp³-hybridized carbons (Fsp3) is 0.357. The third-order valence-electron chi connectivity index (χ3n) is 3.03. The largest absolute Gasteiger partial charge is 0.341 e. The van der Waals surface area contributed by atoms with Crippen molar-refractivity contribution in [2.24, 2.45) is 5.73 Å². The highest BCUT2D eigenvalue weighted by molar-refractivity contribution is 5.59. The Hall–Kier alpha value is -1.68. The number of aryl methyl sites for hydroxylation is 1. The molecule has 1 heterocycles. The zero-order valence-electron chi connectivity index (χ0n) is 10.7. The Bertz CT molecular complexity index is 534. The van der Waals surface area contributed by atoms with Crippen LogP contribution in [0.15, 0.2) is 24.4 Å². The first kappa shape index (κ1) is 12.8. The summed E-state index contributed by atoms with van der Waals surface area (Å²) in [5.41, 5.74) is 8.22. The maximum absolute atomic E-state index is 13.5. The summed E-state index contributed by atoms with van der Waals surface area (Å²) in [4.78, 5) is 7.42. The van der Waals surface area contributed by atoms with E-state index in [1.54, 1.807) is 19.2 Å². The lowest BCUT2D eigenvalue weighted by molar-refractivity contribution is 0.608. The van der Waals surface area contributed by atoms with E-state index in [1.807, 2.05) is 6.07 Å². The minimum Gasteiger partial charge on any atom is -0.341 e. The van der Waals surface area contributed by atoms with Crippen LogP contribution in [0.1, 0.15) is 37.2 Å². The summed E-state index contributed by atoms with van der Waals surface area (Å²) in [6, 6.07) is 5.06. The minimum absolute atomic E-state index is 0.0842. The molecule has 4 heteroatoms. The molecule has 0 spiro atoms. The van der Waals surface area contributed by atoms with E-state index < -0.39 is 0 Å². The molecule has 3 N–H and O–H groups in total. The van der Waals surface area contributed by atoms with E-state index in [2.05, 4.69) is 16.9 Å². The third-order valence-corrected chi connectivity index (χ3v) is 3.03. The highest BCUT2D eigenvalue weighted by Gasteiger charge is 2.10. The summed E-state index contributed by atoms with van der Waals surface area (Å²) in [5, 5.41) is 0. The Labute approximate surface area is 106 Å². The van der Waals surface area contributed by atoms with Crippen molar-refractivity contribution < 1.29 is 4.39 Å². The molecule has 18 heavy (non-hydrogen) atoms. The number of benzene rings is 1. The van der Waals surface area contributed by atoms with Crippen LogP contribution in [0.3, 0.4) is 0 Å². The Morgan fingerprint density at radius 1 is 1.44 bits per heavy atom. The molecule has 1 aromatic carbocycles. The van der Waals surface area contributed by atoms with Crippen molar-refractivity contribution >= 4 is 0 Å². The van der Waals surface area contributed by atoms with Gasteiger partial charge in [-0.2, -0.15) is 0 Å². The third kappa shape index (κ3) is 2.59. The predicted molar refractivity (Wildman–Crippen MR) is 70.6 cm³/mol. The van der Waals surface area contributed by atoms with Gasteiger partial charge in [0.25, 0.3) is 0 Å². The van der Waals surface area contributed by atoms with E-state index in [-0.39, 0.29) is 11.9 Å². The van der Waals surface area contributed by atoms with Crippen LogP contribution in [0, 0.1) is 12.7 Å². The van der Waals surface area contributed by atoms with Gasteiger partial charge in [-0.1, -0.05) is 25.5 Å². The molecule has 0 amide bonds. The minimum atomic E-state index is -0.207. The molecule has 0 fully saturated rings. The van der Waals surface area contributed by atoms with Crippen molar-refractivity contribution in [1.29, 1.82) is 0 Å². The number of nitrogens with zero attached hydrogens (tertiary/aromatic N) is 1. The number of hydrogen-bond acceptors (Lipinski definition) is 2. The summed E-state index contributed by atoms with van der Waals surface area (Å²) in [7, 11) is 0. The van der Waals surface area contributed by atoms with Gasteiger partial charge in [-0.25, -0.2) is 9.37 Å². The average molecular weight is 247 g/mol. The fourth-order valence-electron chi connectivity index (χ4n) is 1.88. The molecule has 3 nitrogen and oxygen atoms in total. The lowest BCUT2D eigenvalue weighted by Crippen LogP contribution is -2.11. The Morgan fingerprint density at radius 2 is 2.22 bits per heavy atom. The lowest BCUT2D eigenvalue weighted by Gasteiger charge is -2.06. The van der Waals surface area contributed by atoms with Gasteiger partial charge < -0.3 is 10.7 Å².